The Balaban J connectivity index is 2.70. The molecule has 1 rings (SSSR count). The SMILES string of the molecule is COc1ccc(C[Si](F)(F)F)cc1. The van der Waals surface area contributed by atoms with E-state index in [1.54, 1.807) is 0 Å². The fourth-order valence-electron chi connectivity index (χ4n) is 0.975. The van der Waals surface area contributed by atoms with Crippen LogP contribution in [0, 0.1) is 0 Å². The largest absolute Gasteiger partial charge is 0.620 e. The van der Waals surface area contributed by atoms with Crippen LogP contribution in [0.2, 0.25) is 0 Å². The van der Waals surface area contributed by atoms with Crippen molar-refractivity contribution in [1.29, 1.82) is 0 Å². The van der Waals surface area contributed by atoms with Crippen molar-refractivity contribution in [3.63, 3.8) is 0 Å². The summed E-state index contributed by atoms with van der Waals surface area (Å²) in [4.78, 5) is 0. The lowest BCUT2D eigenvalue weighted by Crippen LogP contribution is -2.19. The standard InChI is InChI=1S/C8H9F3OSi/c1-12-8-4-2-7(3-5-8)6-13(9,10)11/h2-5H,6H2,1H3. The molecule has 0 aliphatic heterocycles. The molecule has 0 saturated carbocycles. The zero-order valence-corrected chi connectivity index (χ0v) is 8.06. The highest BCUT2D eigenvalue weighted by Crippen LogP contribution is 2.18. The van der Waals surface area contributed by atoms with Crippen molar-refractivity contribution in [2.24, 2.45) is 0 Å². The third kappa shape index (κ3) is 3.50. The van der Waals surface area contributed by atoms with Crippen molar-refractivity contribution in [3.8, 4) is 5.75 Å². The highest BCUT2D eigenvalue weighted by atomic mass is 28.5. The average molecular weight is 206 g/mol. The quantitative estimate of drug-likeness (QED) is 0.545. The number of hydrogen-bond donors (Lipinski definition) is 0. The van der Waals surface area contributed by atoms with Gasteiger partial charge in [0.05, 0.1) is 13.2 Å². The first kappa shape index (κ1) is 10.1. The fourth-order valence-corrected chi connectivity index (χ4v) is 1.67. The molecule has 0 N–H and O–H groups in total. The monoisotopic (exact) mass is 206 g/mol. The van der Waals surface area contributed by atoms with Gasteiger partial charge < -0.3 is 4.74 Å². The lowest BCUT2D eigenvalue weighted by Gasteiger charge is -2.03. The molecular weight excluding hydrogens is 197 g/mol. The number of benzene rings is 1. The van der Waals surface area contributed by atoms with Crippen LogP contribution < -0.4 is 4.74 Å². The Morgan fingerprint density at radius 1 is 1.15 bits per heavy atom. The molecule has 0 aromatic heterocycles. The molecular formula is C8H9F3OSi. The highest BCUT2D eigenvalue weighted by molar-refractivity contribution is 6.57. The molecule has 0 aliphatic rings. The molecule has 72 valence electrons. The zero-order chi connectivity index (χ0) is 9.90. The van der Waals surface area contributed by atoms with Gasteiger partial charge in [0.2, 0.25) is 0 Å². The number of halogens is 3. The van der Waals surface area contributed by atoms with E-state index in [0.29, 0.717) is 11.3 Å². The Morgan fingerprint density at radius 2 is 1.69 bits per heavy atom. The van der Waals surface area contributed by atoms with Crippen LogP contribution in [-0.4, -0.2) is 16.2 Å². The molecule has 0 radical (unpaired) electrons. The van der Waals surface area contributed by atoms with E-state index in [1.165, 1.54) is 31.4 Å². The van der Waals surface area contributed by atoms with Crippen LogP contribution in [0.4, 0.5) is 12.3 Å². The molecule has 0 aliphatic carbocycles. The van der Waals surface area contributed by atoms with Crippen LogP contribution in [-0.2, 0) is 6.04 Å². The van der Waals surface area contributed by atoms with Crippen molar-refractivity contribution in [2.75, 3.05) is 7.11 Å². The van der Waals surface area contributed by atoms with Gasteiger partial charge in [0.1, 0.15) is 5.75 Å². The van der Waals surface area contributed by atoms with Crippen LogP contribution >= 0.6 is 0 Å². The van der Waals surface area contributed by atoms with Gasteiger partial charge in [-0.3, -0.25) is 0 Å². The number of methoxy groups -OCH3 is 1. The Labute approximate surface area is 75.7 Å². The highest BCUT2D eigenvalue weighted by Gasteiger charge is 2.36. The maximum atomic E-state index is 12.0. The normalized spacial score (nSPS) is 11.4. The van der Waals surface area contributed by atoms with Crippen LogP contribution in [0.1, 0.15) is 5.56 Å². The van der Waals surface area contributed by atoms with E-state index < -0.39 is 15.1 Å². The Kier molecular flexibility index (Phi) is 2.97. The predicted molar refractivity (Wildman–Crippen MR) is 45.8 cm³/mol. The second-order valence-corrected chi connectivity index (χ2v) is 4.22. The topological polar surface area (TPSA) is 9.23 Å². The number of ether oxygens (including phenoxy) is 1. The predicted octanol–water partition coefficient (Wildman–Crippen LogP) is 2.62. The second-order valence-electron chi connectivity index (χ2n) is 2.64. The van der Waals surface area contributed by atoms with E-state index in [4.69, 9.17) is 4.74 Å². The van der Waals surface area contributed by atoms with Gasteiger partial charge in [-0.05, 0) is 17.7 Å². The summed E-state index contributed by atoms with van der Waals surface area (Å²) in [5.74, 6) is 0.576. The molecule has 1 nitrogen and oxygen atoms in total. The number of hydrogen-bond acceptors (Lipinski definition) is 1. The van der Waals surface area contributed by atoms with Crippen LogP contribution in [0.15, 0.2) is 24.3 Å². The van der Waals surface area contributed by atoms with E-state index in [-0.39, 0.29) is 0 Å². The van der Waals surface area contributed by atoms with Crippen molar-refractivity contribution < 1.29 is 17.1 Å². The first-order valence-corrected chi connectivity index (χ1v) is 5.55. The first-order valence-electron chi connectivity index (χ1n) is 3.71. The molecule has 1 aromatic carbocycles. The lowest BCUT2D eigenvalue weighted by atomic mass is 10.2. The van der Waals surface area contributed by atoms with Gasteiger partial charge in [-0.15, -0.1) is 0 Å². The van der Waals surface area contributed by atoms with Crippen LogP contribution in [0.3, 0.4) is 0 Å². The zero-order valence-electron chi connectivity index (χ0n) is 7.06. The molecule has 0 fully saturated rings. The second kappa shape index (κ2) is 3.82. The summed E-state index contributed by atoms with van der Waals surface area (Å²) in [5.41, 5.74) is 0.306. The minimum absolute atomic E-state index is 0.306. The van der Waals surface area contributed by atoms with Gasteiger partial charge in [0, 0.05) is 0 Å². The molecule has 13 heavy (non-hydrogen) atoms. The van der Waals surface area contributed by atoms with E-state index >= 15 is 0 Å². The van der Waals surface area contributed by atoms with Gasteiger partial charge in [-0.2, -0.15) is 0 Å². The maximum absolute atomic E-state index is 12.0. The van der Waals surface area contributed by atoms with Crippen molar-refractivity contribution in [3.05, 3.63) is 29.8 Å². The third-order valence-electron chi connectivity index (χ3n) is 1.56. The molecule has 0 unspecified atom stereocenters. The average Bonchev–Trinajstić information content (AvgIpc) is 2.03. The van der Waals surface area contributed by atoms with Gasteiger partial charge in [0.25, 0.3) is 0 Å². The molecule has 5 heteroatoms. The summed E-state index contributed by atoms with van der Waals surface area (Å²) < 4.78 is 40.9. The van der Waals surface area contributed by atoms with Gasteiger partial charge in [-0.1, -0.05) is 12.1 Å². The van der Waals surface area contributed by atoms with E-state index in [0.717, 1.165) is 0 Å². The third-order valence-corrected chi connectivity index (χ3v) is 2.37. The van der Waals surface area contributed by atoms with Crippen molar-refractivity contribution >= 4 is 9.08 Å². The van der Waals surface area contributed by atoms with Crippen molar-refractivity contribution in [2.45, 2.75) is 6.04 Å². The van der Waals surface area contributed by atoms with E-state index in [1.807, 2.05) is 0 Å². The van der Waals surface area contributed by atoms with Crippen LogP contribution in [0.25, 0.3) is 0 Å². The van der Waals surface area contributed by atoms with Gasteiger partial charge in [0.15, 0.2) is 0 Å². The summed E-state index contributed by atoms with van der Waals surface area (Å²) in [5, 5.41) is 0. The Bertz CT molecular complexity index is 268. The summed E-state index contributed by atoms with van der Waals surface area (Å²) in [7, 11) is -3.99. The molecule has 0 atom stereocenters. The minimum atomic E-state index is -5.47. The van der Waals surface area contributed by atoms with E-state index in [9.17, 15) is 12.3 Å². The Morgan fingerprint density at radius 3 is 2.08 bits per heavy atom. The molecule has 0 spiro atoms. The van der Waals surface area contributed by atoms with Crippen LogP contribution in [0.5, 0.6) is 5.75 Å². The van der Waals surface area contributed by atoms with Gasteiger partial charge >= 0.3 is 9.08 Å². The number of rotatable bonds is 3. The molecule has 0 bridgehead atoms. The first-order chi connectivity index (χ1) is 6.01. The lowest BCUT2D eigenvalue weighted by molar-refractivity contribution is 0.414. The summed E-state index contributed by atoms with van der Waals surface area (Å²) >= 11 is 0. The summed E-state index contributed by atoms with van der Waals surface area (Å²) in [6.07, 6.45) is 0. The van der Waals surface area contributed by atoms with Crippen molar-refractivity contribution in [1.82, 2.24) is 0 Å². The molecule has 1 aromatic rings. The van der Waals surface area contributed by atoms with E-state index in [2.05, 4.69) is 0 Å². The molecule has 0 saturated heterocycles. The summed E-state index contributed by atoms with van der Waals surface area (Å²) in [6.45, 7) is 0. The summed E-state index contributed by atoms with van der Waals surface area (Å²) in [6, 6.07) is 5.21. The minimum Gasteiger partial charge on any atom is -0.497 e. The molecule has 0 amide bonds. The smallest absolute Gasteiger partial charge is 0.497 e. The maximum Gasteiger partial charge on any atom is 0.620 e. The Hall–Kier alpha value is -0.973. The molecule has 0 heterocycles. The van der Waals surface area contributed by atoms with Gasteiger partial charge in [-0.25, -0.2) is 12.3 Å². The fraction of sp³-hybridized carbons (Fsp3) is 0.250.